The molecule has 636 valence electrons. The Labute approximate surface area is 781 Å². The Hall–Kier alpha value is -2.96. The van der Waals surface area contributed by atoms with Crippen molar-refractivity contribution in [3.05, 3.63) is 200 Å². The maximum absolute atomic E-state index is 5.33. The van der Waals surface area contributed by atoms with Crippen LogP contribution in [0.15, 0.2) is 4.42 Å². The standard InChI is InChI=1S/2C19H26N.C18H26N.C16H23N.C14H18NO.3C4H9.2C3H7.5W/c1-11-9-12(2)20-18-14(4)13(3)16(10-19(6,7)8)15(5)17(11)18;1-11-9-12(2)17-14(4)16(10-19(6,7)8)15(5)20-18(17)13(11)3;1-11-9-15-14(4)16(10-18(5,6)7)12(2)13(3)17(15)19(11)8;1-10(2)9-15-11(3)12(4)16-14(13(15)5)7-8-17(16)6;1-8(2)6-12-9(3)10(4)14-13(11(12)5)15-7-16-14;3*1-4(2)3;2*1-3-2;;;;;/h2*10H2,1-8H3;10H2,1-8H3;10H,7,9H2,1-6H3;8H,6H2,1-5H3;3*1-3H3;2*3H,1-2H3;;;;;/q3*-1;;6*-1;5*+2. The zero-order valence-corrected chi connectivity index (χ0v) is 96.9. The molecule has 5 aromatic carbocycles. The van der Waals surface area contributed by atoms with Crippen LogP contribution in [0.25, 0.3) is 43.8 Å². The van der Waals surface area contributed by atoms with E-state index in [1.165, 1.54) is 185 Å². The average molecular weight is 2420 g/mol. The van der Waals surface area contributed by atoms with Gasteiger partial charge in [0.05, 0.1) is 5.69 Å². The second-order valence-corrected chi connectivity index (χ2v) is 37.9. The minimum absolute atomic E-state index is 0. The van der Waals surface area contributed by atoms with E-state index < -0.39 is 0 Å². The Balaban J connectivity index is -0.000000412. The summed E-state index contributed by atoms with van der Waals surface area (Å²) in [6.07, 6.45) is 16.6. The largest absolute Gasteiger partial charge is 2.00 e. The van der Waals surface area contributed by atoms with Gasteiger partial charge in [-0.1, -0.05) is 235 Å². The Morgan fingerprint density at radius 2 is 0.791 bits per heavy atom. The molecule has 11 heteroatoms. The van der Waals surface area contributed by atoms with Crippen LogP contribution < -0.4 is 0 Å². The summed E-state index contributed by atoms with van der Waals surface area (Å²) in [6.45, 7) is 100. The molecule has 5 heterocycles. The zero-order valence-electron chi connectivity index (χ0n) is 82.2. The van der Waals surface area contributed by atoms with Gasteiger partial charge in [0.15, 0.2) is 0 Å². The van der Waals surface area contributed by atoms with Gasteiger partial charge < -0.3 is 49.1 Å². The van der Waals surface area contributed by atoms with Crippen LogP contribution in [0.5, 0.6) is 0 Å². The summed E-state index contributed by atoms with van der Waals surface area (Å²) < 4.78 is 9.77. The van der Waals surface area contributed by atoms with Gasteiger partial charge in [-0.25, -0.2) is 11.6 Å². The fourth-order valence-corrected chi connectivity index (χ4v) is 14.3. The van der Waals surface area contributed by atoms with Crippen molar-refractivity contribution >= 4 is 55.7 Å². The Kier molecular flexibility index (Phi) is 56.4. The van der Waals surface area contributed by atoms with Gasteiger partial charge in [-0.05, 0) is 201 Å². The van der Waals surface area contributed by atoms with Crippen LogP contribution in [-0.4, -0.2) is 37.4 Å². The molecule has 0 saturated carbocycles. The van der Waals surface area contributed by atoms with E-state index in [1.54, 1.807) is 5.56 Å². The van der Waals surface area contributed by atoms with Gasteiger partial charge in [-0.3, -0.25) is 9.97 Å². The van der Waals surface area contributed by atoms with Crippen molar-refractivity contribution in [3.8, 4) is 0 Å². The van der Waals surface area contributed by atoms with Crippen LogP contribution in [-0.2, 0) is 151 Å². The number of rotatable bonds is 7. The van der Waals surface area contributed by atoms with Crippen molar-refractivity contribution in [1.82, 2.24) is 19.5 Å². The molecule has 0 aliphatic carbocycles. The molecular weight excluding hydrogens is 2250 g/mol. The van der Waals surface area contributed by atoms with Gasteiger partial charge in [0.25, 0.3) is 0 Å². The predicted octanol–water partition coefficient (Wildman–Crippen LogP) is 29.8. The molecule has 115 heavy (non-hydrogen) atoms. The van der Waals surface area contributed by atoms with Crippen molar-refractivity contribution in [2.45, 2.75) is 357 Å². The van der Waals surface area contributed by atoms with Gasteiger partial charge in [0.1, 0.15) is 13.4 Å². The molecule has 0 bridgehead atoms. The summed E-state index contributed by atoms with van der Waals surface area (Å²) in [5.41, 5.74) is 43.0. The minimum atomic E-state index is 0. The summed E-state index contributed by atoms with van der Waals surface area (Å²) >= 11 is 0. The number of benzene rings is 5. The van der Waals surface area contributed by atoms with Crippen LogP contribution in [0, 0.1) is 222 Å². The summed E-state index contributed by atoms with van der Waals surface area (Å²) in [4.78, 5) is 13.9. The number of aryl methyl sites for hydroxylation is 15. The predicted molar refractivity (Wildman–Crippen MR) is 490 cm³/mol. The molecule has 0 saturated heterocycles. The number of pyridine rings is 2. The van der Waals surface area contributed by atoms with E-state index >= 15 is 0 Å². The number of oxazole rings is 1. The molecule has 6 nitrogen and oxygen atoms in total. The monoisotopic (exact) mass is 2420 g/mol. The Morgan fingerprint density at radius 1 is 0.426 bits per heavy atom. The molecule has 10 rings (SSSR count). The number of aromatic nitrogens is 4. The van der Waals surface area contributed by atoms with Crippen LogP contribution in [0.1, 0.15) is 325 Å². The number of hydrogen-bond donors (Lipinski definition) is 0. The fraction of sp³-hybridized carbons (Fsp3) is 0.567. The van der Waals surface area contributed by atoms with Crippen molar-refractivity contribution in [1.29, 1.82) is 0 Å². The van der Waals surface area contributed by atoms with Crippen LogP contribution >= 0.6 is 0 Å². The molecule has 1 aliphatic rings. The maximum Gasteiger partial charge on any atom is 2.00 e. The molecule has 0 atom stereocenters. The van der Waals surface area contributed by atoms with E-state index in [9.17, 15) is 0 Å². The van der Waals surface area contributed by atoms with Gasteiger partial charge in [-0.2, -0.15) is 119 Å². The van der Waals surface area contributed by atoms with Crippen LogP contribution in [0.3, 0.4) is 0 Å². The first-order valence-corrected chi connectivity index (χ1v) is 41.0. The van der Waals surface area contributed by atoms with E-state index in [4.69, 9.17) is 14.4 Å². The first-order chi connectivity index (χ1) is 50.3. The summed E-state index contributed by atoms with van der Waals surface area (Å²) in [5.74, 6) is 5.63. The van der Waals surface area contributed by atoms with E-state index in [0.29, 0.717) is 16.7 Å². The second kappa shape index (κ2) is 53.8. The van der Waals surface area contributed by atoms with Gasteiger partial charge in [-0.15, -0.1) is 27.5 Å². The molecule has 0 fully saturated rings. The fourth-order valence-electron chi connectivity index (χ4n) is 14.3. The van der Waals surface area contributed by atoms with Gasteiger partial charge in [0.2, 0.25) is 0 Å². The molecule has 0 spiro atoms. The van der Waals surface area contributed by atoms with Crippen LogP contribution in [0.4, 0.5) is 5.69 Å². The first kappa shape index (κ1) is 121. The zero-order chi connectivity index (χ0) is 85.8. The normalized spacial score (nSPS) is 11.3. The molecular formula is C104H160N5OW5+. The van der Waals surface area contributed by atoms with Crippen molar-refractivity contribution in [2.75, 3.05) is 7.05 Å². The summed E-state index contributed by atoms with van der Waals surface area (Å²) in [5, 5.41) is 3.92. The van der Waals surface area contributed by atoms with Crippen molar-refractivity contribution in [2.24, 2.45) is 35.1 Å². The molecule has 9 aromatic rings. The third kappa shape index (κ3) is 36.2. The van der Waals surface area contributed by atoms with E-state index in [-0.39, 0.29) is 111 Å². The Morgan fingerprint density at radius 3 is 1.22 bits per heavy atom. The number of hydrogen-bond acceptors (Lipinski definition) is 4. The molecule has 0 radical (unpaired) electrons. The molecule has 0 amide bonds. The summed E-state index contributed by atoms with van der Waals surface area (Å²) in [6, 6.07) is 10.4. The van der Waals surface area contributed by atoms with Crippen molar-refractivity contribution in [3.63, 3.8) is 0 Å². The smallest absolute Gasteiger partial charge is 0.573 e. The van der Waals surface area contributed by atoms with E-state index in [2.05, 4.69) is 343 Å². The third-order valence-electron chi connectivity index (χ3n) is 19.9. The molecule has 4 aromatic heterocycles. The molecule has 1 aliphatic heterocycles. The maximum atomic E-state index is 5.33. The SMILES string of the molecule is C[C-](C)C.C[C-](C)C.C[C-](C)C.C[CH-]C.C[CH-]C.Cc1[c-]c(C)c2c(C)c(CC(C)(C)C)c(C)c(C)c2n1.Cc1[c-]c(C)c2c(C)c(CC(C)(C)C)c(C)nc2c1C.Cc1c(C)c2c(c(C)c1CC(C)C)C[C-]=[N+]2C.Cc1c(CC(C)(C)C)c(C)c2[c-]c(C)n(C)c2c1C.Cc1c(CC(C)C)c(C)c2n[c-]oc2c1C.[W+2].[W+2].[W+2].[W+2].[W+2]. The van der Waals surface area contributed by atoms with Gasteiger partial charge >= 0.3 is 105 Å². The number of nitrogens with zero attached hydrogens (tertiary/aromatic N) is 5. The summed E-state index contributed by atoms with van der Waals surface area (Å²) in [7, 11) is 4.25. The molecule has 0 unspecified atom stereocenters. The third-order valence-corrected chi connectivity index (χ3v) is 19.9. The average Bonchev–Trinajstić information content (AvgIpc) is 1.65. The van der Waals surface area contributed by atoms with Crippen molar-refractivity contribution < 1.29 is 114 Å². The van der Waals surface area contributed by atoms with Crippen LogP contribution in [0.2, 0.25) is 0 Å². The molecule has 0 N–H and O–H groups in total. The second-order valence-electron chi connectivity index (χ2n) is 37.9. The van der Waals surface area contributed by atoms with E-state index in [1.807, 2.05) is 47.5 Å². The topological polar surface area (TPSA) is 59.8 Å². The number of fused-ring (bicyclic) bond motifs is 5. The first-order valence-electron chi connectivity index (χ1n) is 41.0. The minimum Gasteiger partial charge on any atom is -0.573 e. The Bertz CT molecular complexity index is 4460. The van der Waals surface area contributed by atoms with Gasteiger partial charge in [0, 0.05) is 11.9 Å². The quantitative estimate of drug-likeness (QED) is 0.118. The van der Waals surface area contributed by atoms with E-state index in [0.717, 1.165) is 65.8 Å².